The van der Waals surface area contributed by atoms with E-state index in [0.29, 0.717) is 16.5 Å². The molecule has 1 fully saturated rings. The second-order valence-corrected chi connectivity index (χ2v) is 5.43. The number of hydrogen-bond acceptors (Lipinski definition) is 2. The highest BCUT2D eigenvalue weighted by atomic mass is 35.5. The highest BCUT2D eigenvalue weighted by Crippen LogP contribution is 2.38. The summed E-state index contributed by atoms with van der Waals surface area (Å²) in [6.07, 6.45) is 1.65. The van der Waals surface area contributed by atoms with Gasteiger partial charge >= 0.3 is 0 Å². The van der Waals surface area contributed by atoms with E-state index in [1.807, 2.05) is 6.07 Å². The topological polar surface area (TPSA) is 32.3 Å². The van der Waals surface area contributed by atoms with Gasteiger partial charge in [0.15, 0.2) is 0 Å². The first-order chi connectivity index (χ1) is 8.08. The van der Waals surface area contributed by atoms with Crippen molar-refractivity contribution in [1.82, 2.24) is 5.32 Å². The molecule has 1 aromatic rings. The van der Waals surface area contributed by atoms with Gasteiger partial charge in [-0.15, -0.1) is 0 Å². The molecule has 2 rings (SSSR count). The number of benzene rings is 1. The summed E-state index contributed by atoms with van der Waals surface area (Å²) < 4.78 is 0. The summed E-state index contributed by atoms with van der Waals surface area (Å²) in [4.78, 5) is 0. The van der Waals surface area contributed by atoms with Gasteiger partial charge in [-0.25, -0.2) is 0 Å². The minimum atomic E-state index is -0.784. The molecule has 17 heavy (non-hydrogen) atoms. The molecule has 0 bridgehead atoms. The van der Waals surface area contributed by atoms with Gasteiger partial charge in [0.2, 0.25) is 0 Å². The third-order valence-electron chi connectivity index (χ3n) is 3.66. The molecule has 1 aromatic carbocycles. The SMILES string of the molecule is CCC1CNCCC1(O)c1ccc(Cl)c(Cl)c1. The minimum Gasteiger partial charge on any atom is -0.385 e. The molecule has 0 radical (unpaired) electrons. The number of rotatable bonds is 2. The Morgan fingerprint density at radius 3 is 2.82 bits per heavy atom. The van der Waals surface area contributed by atoms with Gasteiger partial charge < -0.3 is 10.4 Å². The van der Waals surface area contributed by atoms with Crippen LogP contribution in [0, 0.1) is 5.92 Å². The Bertz CT molecular complexity index is 410. The molecule has 2 nitrogen and oxygen atoms in total. The Balaban J connectivity index is 2.37. The summed E-state index contributed by atoms with van der Waals surface area (Å²) in [6, 6.07) is 5.42. The van der Waals surface area contributed by atoms with Crippen molar-refractivity contribution in [3.8, 4) is 0 Å². The first-order valence-electron chi connectivity index (χ1n) is 5.96. The fourth-order valence-corrected chi connectivity index (χ4v) is 2.85. The molecule has 0 aliphatic carbocycles. The largest absolute Gasteiger partial charge is 0.385 e. The van der Waals surface area contributed by atoms with E-state index >= 15 is 0 Å². The number of aliphatic hydroxyl groups is 1. The second-order valence-electron chi connectivity index (χ2n) is 4.61. The molecule has 2 unspecified atom stereocenters. The van der Waals surface area contributed by atoms with Crippen LogP contribution in [0.1, 0.15) is 25.3 Å². The molecule has 0 aromatic heterocycles. The van der Waals surface area contributed by atoms with E-state index in [1.54, 1.807) is 12.1 Å². The standard InChI is InChI=1S/C13H17Cl2NO/c1-2-9-8-16-6-5-13(9,17)10-3-4-11(14)12(15)7-10/h3-4,7,9,16-17H,2,5-6,8H2,1H3. The summed E-state index contributed by atoms with van der Waals surface area (Å²) in [5, 5.41) is 15.2. The summed E-state index contributed by atoms with van der Waals surface area (Å²) in [5.74, 6) is 0.216. The first-order valence-corrected chi connectivity index (χ1v) is 6.72. The van der Waals surface area contributed by atoms with Crippen LogP contribution in [-0.4, -0.2) is 18.2 Å². The van der Waals surface area contributed by atoms with Crippen molar-refractivity contribution in [3.63, 3.8) is 0 Å². The van der Waals surface area contributed by atoms with Gasteiger partial charge in [-0.1, -0.05) is 36.2 Å². The van der Waals surface area contributed by atoms with Crippen molar-refractivity contribution in [2.24, 2.45) is 5.92 Å². The van der Waals surface area contributed by atoms with Gasteiger partial charge in [-0.2, -0.15) is 0 Å². The third kappa shape index (κ3) is 2.45. The smallest absolute Gasteiger partial charge is 0.0949 e. The van der Waals surface area contributed by atoms with Crippen LogP contribution in [0.15, 0.2) is 18.2 Å². The van der Waals surface area contributed by atoms with Crippen molar-refractivity contribution < 1.29 is 5.11 Å². The molecule has 1 aliphatic heterocycles. The van der Waals surface area contributed by atoms with Crippen molar-refractivity contribution in [2.75, 3.05) is 13.1 Å². The third-order valence-corrected chi connectivity index (χ3v) is 4.40. The summed E-state index contributed by atoms with van der Waals surface area (Å²) in [5.41, 5.74) is 0.0917. The Morgan fingerprint density at radius 2 is 2.18 bits per heavy atom. The Morgan fingerprint density at radius 1 is 1.41 bits per heavy atom. The van der Waals surface area contributed by atoms with Crippen molar-refractivity contribution in [1.29, 1.82) is 0 Å². The number of hydrogen-bond donors (Lipinski definition) is 2. The lowest BCUT2D eigenvalue weighted by molar-refractivity contribution is -0.0478. The lowest BCUT2D eigenvalue weighted by Crippen LogP contribution is -2.47. The Hall–Kier alpha value is -0.280. The fourth-order valence-electron chi connectivity index (χ4n) is 2.56. The number of nitrogens with one attached hydrogen (secondary N) is 1. The van der Waals surface area contributed by atoms with Crippen LogP contribution >= 0.6 is 23.2 Å². The first kappa shape index (κ1) is 13.2. The van der Waals surface area contributed by atoms with E-state index in [-0.39, 0.29) is 5.92 Å². The summed E-state index contributed by atoms with van der Waals surface area (Å²) in [7, 11) is 0. The van der Waals surface area contributed by atoms with Gasteiger partial charge in [-0.3, -0.25) is 0 Å². The monoisotopic (exact) mass is 273 g/mol. The molecular formula is C13H17Cl2NO. The summed E-state index contributed by atoms with van der Waals surface area (Å²) >= 11 is 11.9. The van der Waals surface area contributed by atoms with Gasteiger partial charge in [-0.05, 0) is 37.1 Å². The predicted octanol–water partition coefficient (Wildman–Crippen LogP) is 3.20. The molecule has 2 atom stereocenters. The van der Waals surface area contributed by atoms with Crippen molar-refractivity contribution >= 4 is 23.2 Å². The van der Waals surface area contributed by atoms with E-state index in [1.165, 1.54) is 0 Å². The maximum Gasteiger partial charge on any atom is 0.0949 e. The van der Waals surface area contributed by atoms with Gasteiger partial charge in [0.05, 0.1) is 15.6 Å². The highest BCUT2D eigenvalue weighted by Gasteiger charge is 2.39. The Kier molecular flexibility index (Phi) is 3.99. The highest BCUT2D eigenvalue weighted by molar-refractivity contribution is 6.42. The predicted molar refractivity (Wildman–Crippen MR) is 71.6 cm³/mol. The molecule has 0 spiro atoms. The van der Waals surface area contributed by atoms with Gasteiger partial charge in [0.1, 0.15) is 0 Å². The van der Waals surface area contributed by atoms with E-state index < -0.39 is 5.60 Å². The van der Waals surface area contributed by atoms with Crippen LogP contribution in [0.3, 0.4) is 0 Å². The van der Waals surface area contributed by atoms with Crippen molar-refractivity contribution in [2.45, 2.75) is 25.4 Å². The van der Waals surface area contributed by atoms with Crippen LogP contribution in [-0.2, 0) is 5.60 Å². The van der Waals surface area contributed by atoms with Gasteiger partial charge in [0.25, 0.3) is 0 Å². The van der Waals surface area contributed by atoms with Crippen LogP contribution in [0.25, 0.3) is 0 Å². The second kappa shape index (κ2) is 5.15. The number of halogens is 2. The molecule has 0 amide bonds. The molecule has 0 saturated carbocycles. The van der Waals surface area contributed by atoms with Crippen LogP contribution in [0.5, 0.6) is 0 Å². The van der Waals surface area contributed by atoms with E-state index in [2.05, 4.69) is 12.2 Å². The van der Waals surface area contributed by atoms with E-state index in [0.717, 1.165) is 25.1 Å². The van der Waals surface area contributed by atoms with Gasteiger partial charge in [0, 0.05) is 12.5 Å². The quantitative estimate of drug-likeness (QED) is 0.868. The Labute approximate surface area is 112 Å². The molecular weight excluding hydrogens is 257 g/mol. The zero-order chi connectivity index (χ0) is 12.5. The van der Waals surface area contributed by atoms with Crippen LogP contribution in [0.2, 0.25) is 10.0 Å². The number of piperidine rings is 1. The fraction of sp³-hybridized carbons (Fsp3) is 0.538. The minimum absolute atomic E-state index is 0.216. The molecule has 2 N–H and O–H groups in total. The maximum atomic E-state index is 10.9. The lowest BCUT2D eigenvalue weighted by atomic mass is 9.75. The summed E-state index contributed by atoms with van der Waals surface area (Å²) in [6.45, 7) is 3.76. The average Bonchev–Trinajstić information content (AvgIpc) is 2.33. The van der Waals surface area contributed by atoms with E-state index in [9.17, 15) is 5.11 Å². The maximum absolute atomic E-state index is 10.9. The normalized spacial score (nSPS) is 29.3. The van der Waals surface area contributed by atoms with Crippen LogP contribution < -0.4 is 5.32 Å². The zero-order valence-corrected chi connectivity index (χ0v) is 11.4. The molecule has 1 saturated heterocycles. The average molecular weight is 274 g/mol. The molecule has 4 heteroatoms. The van der Waals surface area contributed by atoms with Crippen LogP contribution in [0.4, 0.5) is 0 Å². The molecule has 1 aliphatic rings. The molecule has 1 heterocycles. The van der Waals surface area contributed by atoms with Crippen molar-refractivity contribution in [3.05, 3.63) is 33.8 Å². The zero-order valence-electron chi connectivity index (χ0n) is 9.84. The van der Waals surface area contributed by atoms with E-state index in [4.69, 9.17) is 23.2 Å². The lowest BCUT2D eigenvalue weighted by Gasteiger charge is -2.40. The molecule has 94 valence electrons.